The third kappa shape index (κ3) is 5.81. The minimum absolute atomic E-state index is 0.0133. The van der Waals surface area contributed by atoms with Gasteiger partial charge in [0.25, 0.3) is 8.32 Å². The molecule has 198 valence electrons. The van der Waals surface area contributed by atoms with Crippen molar-refractivity contribution >= 4 is 27.0 Å². The van der Waals surface area contributed by atoms with E-state index in [-0.39, 0.29) is 28.0 Å². The quantitative estimate of drug-likeness (QED) is 0.299. The van der Waals surface area contributed by atoms with E-state index in [1.807, 2.05) is 6.08 Å². The summed E-state index contributed by atoms with van der Waals surface area (Å²) in [6.45, 7) is 22.9. The Balaban J connectivity index is 1.98. The molecule has 3 rings (SSSR count). The van der Waals surface area contributed by atoms with Gasteiger partial charge in [-0.15, -0.1) is 6.58 Å². The van der Waals surface area contributed by atoms with Crippen LogP contribution in [0.4, 0.5) is 0 Å². The summed E-state index contributed by atoms with van der Waals surface area (Å²) in [4.78, 5) is 0. The number of allylic oxidation sites excluding steroid dienone is 1. The Labute approximate surface area is 222 Å². The van der Waals surface area contributed by atoms with Gasteiger partial charge in [0, 0.05) is 12.5 Å². The van der Waals surface area contributed by atoms with Crippen molar-refractivity contribution in [3.63, 3.8) is 0 Å². The van der Waals surface area contributed by atoms with Gasteiger partial charge in [-0.25, -0.2) is 0 Å². The summed E-state index contributed by atoms with van der Waals surface area (Å²) in [7, 11) is -4.64. The van der Waals surface area contributed by atoms with E-state index in [1.165, 1.54) is 10.4 Å². The molecule has 3 nitrogen and oxygen atoms in total. The van der Waals surface area contributed by atoms with Crippen LogP contribution in [0.15, 0.2) is 73.3 Å². The van der Waals surface area contributed by atoms with Crippen molar-refractivity contribution in [2.24, 2.45) is 11.8 Å². The van der Waals surface area contributed by atoms with Gasteiger partial charge in [-0.2, -0.15) is 0 Å². The van der Waals surface area contributed by atoms with Crippen molar-refractivity contribution in [1.82, 2.24) is 0 Å². The van der Waals surface area contributed by atoms with Gasteiger partial charge in [-0.05, 0) is 52.3 Å². The van der Waals surface area contributed by atoms with Crippen LogP contribution in [0, 0.1) is 11.8 Å². The molecule has 0 unspecified atom stereocenters. The van der Waals surface area contributed by atoms with E-state index < -0.39 is 22.7 Å². The molecule has 0 saturated heterocycles. The number of hydrogen-bond donors (Lipinski definition) is 1. The third-order valence-corrected chi connectivity index (χ3v) is 18.1. The molecule has 4 atom stereocenters. The predicted molar refractivity (Wildman–Crippen MR) is 158 cm³/mol. The van der Waals surface area contributed by atoms with E-state index >= 15 is 0 Å². The average molecular weight is 525 g/mol. The van der Waals surface area contributed by atoms with Crippen LogP contribution in [-0.2, 0) is 8.85 Å². The Kier molecular flexibility index (Phi) is 8.94. The zero-order chi connectivity index (χ0) is 26.8. The highest BCUT2D eigenvalue weighted by Gasteiger charge is 2.53. The maximum absolute atomic E-state index is 11.3. The van der Waals surface area contributed by atoms with E-state index in [0.29, 0.717) is 13.0 Å². The molecule has 0 aliphatic heterocycles. The Morgan fingerprint density at radius 2 is 1.36 bits per heavy atom. The molecule has 0 radical (unpaired) electrons. The SMILES string of the molecule is C=CC[C@@H]1[C@@H](CO[Si](c2ccccc2)(c2ccccc2)C(C)(C)C)[C@H](O)C[C@@H]1O[Si](C)(C)C(C)(C)C. The molecule has 1 aliphatic rings. The summed E-state index contributed by atoms with van der Waals surface area (Å²) in [6, 6.07) is 21.5. The van der Waals surface area contributed by atoms with Crippen molar-refractivity contribution in [2.45, 2.75) is 89.8 Å². The first-order chi connectivity index (χ1) is 16.7. The van der Waals surface area contributed by atoms with Gasteiger partial charge in [-0.1, -0.05) is 108 Å². The minimum Gasteiger partial charge on any atom is -0.414 e. The van der Waals surface area contributed by atoms with Crippen molar-refractivity contribution in [1.29, 1.82) is 0 Å². The average Bonchev–Trinajstić information content (AvgIpc) is 3.07. The first-order valence-corrected chi connectivity index (χ1v) is 18.3. The van der Waals surface area contributed by atoms with Gasteiger partial charge in [0.05, 0.1) is 12.2 Å². The Hall–Kier alpha value is -1.51. The molecule has 1 saturated carbocycles. The maximum atomic E-state index is 11.3. The fourth-order valence-corrected chi connectivity index (χ4v) is 11.6. The minimum atomic E-state index is -2.67. The molecule has 0 heterocycles. The van der Waals surface area contributed by atoms with Crippen LogP contribution >= 0.6 is 0 Å². The molecule has 2 aromatic carbocycles. The van der Waals surface area contributed by atoms with Gasteiger partial charge in [-0.3, -0.25) is 0 Å². The fourth-order valence-electron chi connectivity index (χ4n) is 5.58. The van der Waals surface area contributed by atoms with Crippen LogP contribution in [0.25, 0.3) is 0 Å². The summed E-state index contributed by atoms with van der Waals surface area (Å²) in [6.07, 6.45) is 3.07. The fraction of sp³-hybridized carbons (Fsp3) is 0.548. The van der Waals surface area contributed by atoms with Crippen molar-refractivity contribution < 1.29 is 14.0 Å². The molecule has 0 aromatic heterocycles. The lowest BCUT2D eigenvalue weighted by molar-refractivity contribution is 0.0739. The second kappa shape index (κ2) is 11.1. The number of aliphatic hydroxyl groups excluding tert-OH is 1. The molecule has 1 aliphatic carbocycles. The van der Waals surface area contributed by atoms with Crippen molar-refractivity contribution in [2.75, 3.05) is 6.61 Å². The lowest BCUT2D eigenvalue weighted by Gasteiger charge is -2.44. The number of rotatable bonds is 9. The second-order valence-electron chi connectivity index (χ2n) is 13.0. The lowest BCUT2D eigenvalue weighted by atomic mass is 9.91. The Morgan fingerprint density at radius 1 is 0.861 bits per heavy atom. The summed E-state index contributed by atoms with van der Waals surface area (Å²) < 4.78 is 14.1. The topological polar surface area (TPSA) is 38.7 Å². The van der Waals surface area contributed by atoms with Crippen LogP contribution in [0.3, 0.4) is 0 Å². The van der Waals surface area contributed by atoms with E-state index in [1.54, 1.807) is 0 Å². The smallest absolute Gasteiger partial charge is 0.261 e. The summed E-state index contributed by atoms with van der Waals surface area (Å²) in [5.41, 5.74) is 0. The zero-order valence-electron chi connectivity index (χ0n) is 23.8. The first-order valence-electron chi connectivity index (χ1n) is 13.5. The second-order valence-corrected chi connectivity index (χ2v) is 22.1. The molecule has 2 aromatic rings. The summed E-state index contributed by atoms with van der Waals surface area (Å²) in [5, 5.41) is 13.9. The molecule has 5 heteroatoms. The first kappa shape index (κ1) is 29.1. The van der Waals surface area contributed by atoms with E-state index in [9.17, 15) is 5.11 Å². The molecule has 0 spiro atoms. The molecule has 1 N–H and O–H groups in total. The molecule has 0 bridgehead atoms. The predicted octanol–water partition coefficient (Wildman–Crippen LogP) is 6.53. The normalized spacial score (nSPS) is 23.6. The molecular weight excluding hydrogens is 477 g/mol. The van der Waals surface area contributed by atoms with E-state index in [4.69, 9.17) is 8.85 Å². The van der Waals surface area contributed by atoms with Gasteiger partial charge in [0.15, 0.2) is 8.32 Å². The lowest BCUT2D eigenvalue weighted by Crippen LogP contribution is -2.67. The highest BCUT2D eigenvalue weighted by Crippen LogP contribution is 2.45. The number of benzene rings is 2. The molecular formula is C31H48O3Si2. The van der Waals surface area contributed by atoms with Crippen molar-refractivity contribution in [3.05, 3.63) is 73.3 Å². The molecule has 1 fully saturated rings. The van der Waals surface area contributed by atoms with Crippen LogP contribution in [0.5, 0.6) is 0 Å². The van der Waals surface area contributed by atoms with Gasteiger partial charge < -0.3 is 14.0 Å². The molecule has 0 amide bonds. The maximum Gasteiger partial charge on any atom is 0.261 e. The van der Waals surface area contributed by atoms with E-state index in [0.717, 1.165) is 6.42 Å². The number of hydrogen-bond acceptors (Lipinski definition) is 3. The van der Waals surface area contributed by atoms with Crippen LogP contribution in [0.2, 0.25) is 23.2 Å². The van der Waals surface area contributed by atoms with Crippen LogP contribution < -0.4 is 10.4 Å². The standard InChI is InChI=1S/C31H48O3Si2/c1-10-17-26-27(28(32)22-29(26)34-35(8,9)30(2,3)4)23-33-36(31(5,6)7,24-18-13-11-14-19-24)25-20-15-12-16-21-25/h10-16,18-21,26-29,32H,1,17,22-23H2,2-9H3/t26-,27-,28-,29+/m1/s1. The highest BCUT2D eigenvalue weighted by atomic mass is 28.4. The molecule has 36 heavy (non-hydrogen) atoms. The van der Waals surface area contributed by atoms with Crippen LogP contribution in [0.1, 0.15) is 54.4 Å². The van der Waals surface area contributed by atoms with Gasteiger partial charge >= 0.3 is 0 Å². The largest absolute Gasteiger partial charge is 0.414 e. The third-order valence-electron chi connectivity index (χ3n) is 8.60. The van der Waals surface area contributed by atoms with E-state index in [2.05, 4.69) is 122 Å². The highest BCUT2D eigenvalue weighted by molar-refractivity contribution is 6.99. The van der Waals surface area contributed by atoms with Crippen LogP contribution in [-0.4, -0.2) is 40.6 Å². The van der Waals surface area contributed by atoms with Crippen molar-refractivity contribution in [3.8, 4) is 0 Å². The zero-order valence-corrected chi connectivity index (χ0v) is 25.8. The van der Waals surface area contributed by atoms with Gasteiger partial charge in [0.1, 0.15) is 0 Å². The Morgan fingerprint density at radius 3 is 1.78 bits per heavy atom. The summed E-state index contributed by atoms with van der Waals surface area (Å²) in [5.74, 6) is 0.212. The van der Waals surface area contributed by atoms with Gasteiger partial charge in [0.2, 0.25) is 0 Å². The Bertz CT molecular complexity index is 937. The summed E-state index contributed by atoms with van der Waals surface area (Å²) >= 11 is 0. The number of aliphatic hydroxyl groups is 1. The monoisotopic (exact) mass is 524 g/mol.